The van der Waals surface area contributed by atoms with Gasteiger partial charge >= 0.3 is 6.01 Å². The molecule has 0 aliphatic rings. The van der Waals surface area contributed by atoms with E-state index in [4.69, 9.17) is 10.2 Å². The largest absolute Gasteiger partial charge is 0.408 e. The number of hydrogen-bond donors (Lipinski definition) is 2. The van der Waals surface area contributed by atoms with Crippen molar-refractivity contribution in [1.29, 1.82) is 0 Å². The lowest BCUT2D eigenvalue weighted by atomic mass is 10.3. The fraction of sp³-hybridized carbons (Fsp3) is 0.111. The lowest BCUT2D eigenvalue weighted by molar-refractivity contribution is 0.533. The molecule has 3 N–H and O–H groups in total. The van der Waals surface area contributed by atoms with E-state index in [0.29, 0.717) is 0 Å². The molecule has 9 heteroatoms. The van der Waals surface area contributed by atoms with E-state index in [1.54, 1.807) is 0 Å². The predicted molar refractivity (Wildman–Crippen MR) is 60.7 cm³/mol. The van der Waals surface area contributed by atoms with Crippen molar-refractivity contribution in [2.75, 3.05) is 10.5 Å². The van der Waals surface area contributed by atoms with Gasteiger partial charge in [0.25, 0.3) is 10.0 Å². The Bertz CT molecular complexity index is 663. The van der Waals surface area contributed by atoms with Crippen LogP contribution in [-0.4, -0.2) is 18.6 Å². The minimum Gasteiger partial charge on any atom is -0.408 e. The van der Waals surface area contributed by atoms with Crippen LogP contribution >= 0.6 is 0 Å². The van der Waals surface area contributed by atoms with Crippen LogP contribution in [-0.2, 0) is 10.0 Å². The molecule has 0 amide bonds. The average molecular weight is 272 g/mol. The maximum Gasteiger partial charge on any atom is 0.329 e. The Morgan fingerprint density at radius 1 is 1.39 bits per heavy atom. The first-order chi connectivity index (χ1) is 8.40. The molecular formula is C9H9FN4O3S. The van der Waals surface area contributed by atoms with E-state index in [-0.39, 0.29) is 17.6 Å². The summed E-state index contributed by atoms with van der Waals surface area (Å²) in [7, 11) is -4.21. The van der Waals surface area contributed by atoms with Crippen LogP contribution < -0.4 is 10.5 Å². The van der Waals surface area contributed by atoms with Gasteiger partial charge in [-0.1, -0.05) is 11.2 Å². The van der Waals surface area contributed by atoms with Crippen LogP contribution in [0.1, 0.15) is 5.89 Å². The number of benzene rings is 1. The maximum atomic E-state index is 13.5. The third-order valence-corrected chi connectivity index (χ3v) is 3.43. The molecule has 0 aliphatic heterocycles. The number of hydrogen-bond acceptors (Lipinski definition) is 6. The third-order valence-electron chi connectivity index (χ3n) is 2.01. The summed E-state index contributed by atoms with van der Waals surface area (Å²) in [5.41, 5.74) is 5.23. The van der Waals surface area contributed by atoms with Gasteiger partial charge in [0.2, 0.25) is 5.89 Å². The first-order valence-corrected chi connectivity index (χ1v) is 6.25. The molecule has 1 aromatic carbocycles. The summed E-state index contributed by atoms with van der Waals surface area (Å²) in [6.07, 6.45) is 0. The van der Waals surface area contributed by atoms with Crippen molar-refractivity contribution in [3.63, 3.8) is 0 Å². The molecule has 0 bridgehead atoms. The van der Waals surface area contributed by atoms with Gasteiger partial charge in [0.15, 0.2) is 0 Å². The Hall–Kier alpha value is -2.16. The van der Waals surface area contributed by atoms with Crippen molar-refractivity contribution in [3.8, 4) is 0 Å². The number of aromatic nitrogens is 2. The van der Waals surface area contributed by atoms with Crippen LogP contribution in [0.5, 0.6) is 0 Å². The fourth-order valence-electron chi connectivity index (χ4n) is 1.31. The Balaban J connectivity index is 2.43. The molecule has 18 heavy (non-hydrogen) atoms. The quantitative estimate of drug-likeness (QED) is 0.803. The van der Waals surface area contributed by atoms with Crippen LogP contribution in [0.2, 0.25) is 0 Å². The second-order valence-corrected chi connectivity index (χ2v) is 5.01. The predicted octanol–water partition coefficient (Wildman–Crippen LogP) is 0.900. The molecule has 0 radical (unpaired) electrons. The molecule has 2 rings (SSSR count). The topological polar surface area (TPSA) is 111 Å². The van der Waals surface area contributed by atoms with Crippen molar-refractivity contribution in [1.82, 2.24) is 10.2 Å². The number of nitrogen functional groups attached to an aromatic ring is 1. The highest BCUT2D eigenvalue weighted by Crippen LogP contribution is 2.23. The lowest BCUT2D eigenvalue weighted by Gasteiger charge is -2.07. The van der Waals surface area contributed by atoms with Gasteiger partial charge in [-0.15, -0.1) is 5.10 Å². The van der Waals surface area contributed by atoms with Crippen molar-refractivity contribution in [2.24, 2.45) is 0 Å². The van der Waals surface area contributed by atoms with Crippen LogP contribution in [0.25, 0.3) is 0 Å². The van der Waals surface area contributed by atoms with Gasteiger partial charge in [-0.2, -0.15) is 0 Å². The van der Waals surface area contributed by atoms with Gasteiger partial charge in [0.05, 0.1) is 5.69 Å². The van der Waals surface area contributed by atoms with Gasteiger partial charge in [0, 0.05) is 6.92 Å². The zero-order valence-electron chi connectivity index (χ0n) is 9.21. The summed E-state index contributed by atoms with van der Waals surface area (Å²) in [4.78, 5) is -0.652. The second kappa shape index (κ2) is 4.26. The first-order valence-electron chi connectivity index (χ1n) is 4.77. The maximum absolute atomic E-state index is 13.5. The normalized spacial score (nSPS) is 11.4. The summed E-state index contributed by atoms with van der Waals surface area (Å²) in [5.74, 6) is -0.784. The Morgan fingerprint density at radius 3 is 2.67 bits per heavy atom. The summed E-state index contributed by atoms with van der Waals surface area (Å²) in [6, 6.07) is 3.22. The Morgan fingerprint density at radius 2 is 2.11 bits per heavy atom. The molecule has 0 fully saturated rings. The van der Waals surface area contributed by atoms with E-state index in [1.165, 1.54) is 19.1 Å². The molecule has 96 valence electrons. The van der Waals surface area contributed by atoms with Gasteiger partial charge in [-0.3, -0.25) is 0 Å². The highest BCUT2D eigenvalue weighted by atomic mass is 32.2. The number of sulfonamides is 1. The zero-order valence-corrected chi connectivity index (χ0v) is 10.0. The van der Waals surface area contributed by atoms with Gasteiger partial charge < -0.3 is 10.2 Å². The number of rotatable bonds is 3. The van der Waals surface area contributed by atoms with Crippen molar-refractivity contribution >= 4 is 21.7 Å². The van der Waals surface area contributed by atoms with E-state index in [1.807, 2.05) is 4.72 Å². The molecule has 2 aromatic rings. The number of nitrogens with two attached hydrogens (primary N) is 1. The Labute approximate surface area is 102 Å². The standard InChI is InChI=1S/C9H9FN4O3S/c1-5-12-13-9(17-5)14-18(15,16)8-6(10)3-2-4-7(8)11/h2-4H,11H2,1H3,(H,13,14). The third kappa shape index (κ3) is 2.25. The molecule has 0 saturated carbocycles. The number of nitrogens with one attached hydrogen (secondary N) is 1. The lowest BCUT2D eigenvalue weighted by Crippen LogP contribution is -2.16. The average Bonchev–Trinajstić information content (AvgIpc) is 2.62. The number of anilines is 2. The summed E-state index contributed by atoms with van der Waals surface area (Å²) < 4.78 is 44.1. The van der Waals surface area contributed by atoms with E-state index < -0.39 is 20.7 Å². The molecule has 0 unspecified atom stereocenters. The molecule has 0 spiro atoms. The molecule has 1 heterocycles. The summed E-state index contributed by atoms with van der Waals surface area (Å²) >= 11 is 0. The zero-order chi connectivity index (χ0) is 13.3. The van der Waals surface area contributed by atoms with E-state index in [2.05, 4.69) is 10.2 Å². The molecule has 0 saturated heterocycles. The molecule has 0 aliphatic carbocycles. The highest BCUT2D eigenvalue weighted by molar-refractivity contribution is 7.92. The molecule has 1 aromatic heterocycles. The first kappa shape index (κ1) is 12.3. The van der Waals surface area contributed by atoms with Crippen molar-refractivity contribution < 1.29 is 17.2 Å². The molecule has 7 nitrogen and oxygen atoms in total. The number of aryl methyl sites for hydroxylation is 1. The minimum atomic E-state index is -4.21. The van der Waals surface area contributed by atoms with Crippen LogP contribution in [0, 0.1) is 12.7 Å². The summed E-state index contributed by atoms with van der Waals surface area (Å²) in [6.45, 7) is 1.49. The second-order valence-electron chi connectivity index (χ2n) is 3.39. The fourth-order valence-corrected chi connectivity index (χ4v) is 2.43. The van der Waals surface area contributed by atoms with Crippen LogP contribution in [0.15, 0.2) is 27.5 Å². The van der Waals surface area contributed by atoms with Gasteiger partial charge in [-0.25, -0.2) is 17.5 Å². The number of halogens is 1. The van der Waals surface area contributed by atoms with E-state index in [0.717, 1.165) is 6.07 Å². The van der Waals surface area contributed by atoms with Gasteiger partial charge in [-0.05, 0) is 12.1 Å². The monoisotopic (exact) mass is 272 g/mol. The minimum absolute atomic E-state index is 0.175. The number of nitrogens with zero attached hydrogens (tertiary/aromatic N) is 2. The highest BCUT2D eigenvalue weighted by Gasteiger charge is 2.24. The summed E-state index contributed by atoms with van der Waals surface area (Å²) in [5, 5.41) is 6.89. The Kier molecular flexibility index (Phi) is 2.91. The van der Waals surface area contributed by atoms with Crippen molar-refractivity contribution in [2.45, 2.75) is 11.8 Å². The van der Waals surface area contributed by atoms with E-state index in [9.17, 15) is 12.8 Å². The molecule has 0 atom stereocenters. The van der Waals surface area contributed by atoms with E-state index >= 15 is 0 Å². The molecular weight excluding hydrogens is 263 g/mol. The van der Waals surface area contributed by atoms with Gasteiger partial charge in [0.1, 0.15) is 10.7 Å². The van der Waals surface area contributed by atoms with Crippen molar-refractivity contribution in [3.05, 3.63) is 29.9 Å². The SMILES string of the molecule is Cc1nnc(NS(=O)(=O)c2c(N)cccc2F)o1. The van der Waals surface area contributed by atoms with Crippen LogP contribution in [0.4, 0.5) is 16.1 Å². The van der Waals surface area contributed by atoms with Crippen LogP contribution in [0.3, 0.4) is 0 Å². The smallest absolute Gasteiger partial charge is 0.329 e.